The highest BCUT2D eigenvalue weighted by molar-refractivity contribution is 6.24. The zero-order chi connectivity index (χ0) is 45.9. The van der Waals surface area contributed by atoms with E-state index in [-0.39, 0.29) is 0 Å². The molecule has 0 unspecified atom stereocenters. The van der Waals surface area contributed by atoms with Crippen LogP contribution < -0.4 is 0 Å². The van der Waals surface area contributed by atoms with Crippen molar-refractivity contribution in [2.75, 3.05) is 0 Å². The first-order valence-electron chi connectivity index (χ1n) is 23.6. The van der Waals surface area contributed by atoms with Gasteiger partial charge in [-0.25, -0.2) is 0 Å². The summed E-state index contributed by atoms with van der Waals surface area (Å²) in [6.45, 7) is 0. The van der Waals surface area contributed by atoms with E-state index < -0.39 is 0 Å². The fourth-order valence-corrected chi connectivity index (χ4v) is 11.0. The summed E-state index contributed by atoms with van der Waals surface area (Å²) >= 11 is 0. The highest BCUT2D eigenvalue weighted by atomic mass is 16.3. The maximum Gasteiger partial charge on any atom is 0.240 e. The van der Waals surface area contributed by atoms with Crippen molar-refractivity contribution >= 4 is 87.4 Å². The lowest BCUT2D eigenvalue weighted by Crippen LogP contribution is -2.10. The van der Waals surface area contributed by atoms with E-state index in [0.717, 1.165) is 121 Å². The zero-order valence-electron chi connectivity index (χ0n) is 37.5. The predicted molar refractivity (Wildman–Crippen MR) is 286 cm³/mol. The van der Waals surface area contributed by atoms with Crippen LogP contribution in [0.3, 0.4) is 0 Å². The molecule has 15 aromatic rings. The first-order chi connectivity index (χ1) is 34.7. The second kappa shape index (κ2) is 15.0. The smallest absolute Gasteiger partial charge is 0.240 e. The second-order valence-electron chi connectivity index (χ2n) is 18.0. The third-order valence-corrected chi connectivity index (χ3v) is 14.1. The van der Waals surface area contributed by atoms with Crippen LogP contribution in [-0.4, -0.2) is 28.7 Å². The van der Waals surface area contributed by atoms with Crippen molar-refractivity contribution in [3.8, 4) is 51.2 Å². The standard InChI is InChI=1S/C63H38N6O/c1-3-16-39(17-4-1)41-20-15-21-44(36-41)67-53-26-11-7-22-45(53)50-33-34-51-46-23-8-13-28-55(46)69(60(51)59(50)67)63-65-61(43-30-32-49-48-25-10-14-29-57(48)70-58(49)38-43)64-62(66-63)68-54-27-12-9-24-47(54)52-37-42(31-35-56(52)68)40-18-5-2-6-19-40/h1-38H. The van der Waals surface area contributed by atoms with Crippen molar-refractivity contribution in [3.05, 3.63) is 231 Å². The summed E-state index contributed by atoms with van der Waals surface area (Å²) in [5, 5.41) is 8.85. The maximum absolute atomic E-state index is 6.48. The molecule has 0 spiro atoms. The third kappa shape index (κ3) is 5.72. The van der Waals surface area contributed by atoms with Crippen molar-refractivity contribution < 1.29 is 4.42 Å². The van der Waals surface area contributed by atoms with E-state index in [1.165, 1.54) is 0 Å². The van der Waals surface area contributed by atoms with Crippen LogP contribution in [0.2, 0.25) is 0 Å². The van der Waals surface area contributed by atoms with Gasteiger partial charge in [0.1, 0.15) is 11.2 Å². The third-order valence-electron chi connectivity index (χ3n) is 14.1. The quantitative estimate of drug-likeness (QED) is 0.167. The van der Waals surface area contributed by atoms with Crippen molar-refractivity contribution in [2.45, 2.75) is 0 Å². The number of aromatic nitrogens is 6. The Balaban J connectivity index is 1.06. The maximum atomic E-state index is 6.48. The highest BCUT2D eigenvalue weighted by Crippen LogP contribution is 2.43. The lowest BCUT2D eigenvalue weighted by atomic mass is 10.0. The Kier molecular flexibility index (Phi) is 8.23. The minimum atomic E-state index is 0.505. The van der Waals surface area contributed by atoms with Crippen LogP contribution in [0.1, 0.15) is 0 Å². The van der Waals surface area contributed by atoms with Crippen LogP contribution in [0, 0.1) is 0 Å². The van der Waals surface area contributed by atoms with Gasteiger partial charge in [-0.05, 0) is 82.9 Å². The number of rotatable bonds is 6. The van der Waals surface area contributed by atoms with E-state index in [0.29, 0.717) is 17.7 Å². The average molecular weight is 895 g/mol. The molecule has 0 aliphatic rings. The average Bonchev–Trinajstić information content (AvgIpc) is 4.17. The van der Waals surface area contributed by atoms with E-state index in [4.69, 9.17) is 19.4 Å². The molecule has 326 valence electrons. The van der Waals surface area contributed by atoms with Crippen LogP contribution in [-0.2, 0) is 0 Å². The molecule has 0 saturated carbocycles. The monoisotopic (exact) mass is 894 g/mol. The fourth-order valence-electron chi connectivity index (χ4n) is 11.0. The van der Waals surface area contributed by atoms with Gasteiger partial charge in [0.15, 0.2) is 5.82 Å². The van der Waals surface area contributed by atoms with Gasteiger partial charge in [-0.2, -0.15) is 15.0 Å². The summed E-state index contributed by atoms with van der Waals surface area (Å²) in [6, 6.07) is 81.5. The zero-order valence-corrected chi connectivity index (χ0v) is 37.5. The largest absolute Gasteiger partial charge is 0.456 e. The molecule has 70 heavy (non-hydrogen) atoms. The van der Waals surface area contributed by atoms with Gasteiger partial charge in [-0.3, -0.25) is 9.13 Å². The first kappa shape index (κ1) is 38.5. The molecule has 7 nitrogen and oxygen atoms in total. The predicted octanol–water partition coefficient (Wildman–Crippen LogP) is 16.1. The number of furan rings is 1. The lowest BCUT2D eigenvalue weighted by molar-refractivity contribution is 0.669. The Morgan fingerprint density at radius 2 is 0.757 bits per heavy atom. The van der Waals surface area contributed by atoms with E-state index >= 15 is 0 Å². The molecule has 0 aliphatic carbocycles. The van der Waals surface area contributed by atoms with Crippen LogP contribution in [0.25, 0.3) is 139 Å². The molecular weight excluding hydrogens is 857 g/mol. The Morgan fingerprint density at radius 3 is 1.46 bits per heavy atom. The van der Waals surface area contributed by atoms with Crippen LogP contribution in [0.4, 0.5) is 0 Å². The molecule has 5 heterocycles. The summed E-state index contributed by atoms with van der Waals surface area (Å²) in [5.74, 6) is 1.55. The number of para-hydroxylation sites is 4. The van der Waals surface area contributed by atoms with Gasteiger partial charge < -0.3 is 8.98 Å². The van der Waals surface area contributed by atoms with Gasteiger partial charge in [0, 0.05) is 54.3 Å². The molecule has 0 amide bonds. The number of nitrogens with zero attached hydrogens (tertiary/aromatic N) is 6. The Labute approximate surface area is 400 Å². The van der Waals surface area contributed by atoms with Crippen molar-refractivity contribution in [3.63, 3.8) is 0 Å². The number of hydrogen-bond donors (Lipinski definition) is 0. The molecular formula is C63H38N6O. The van der Waals surface area contributed by atoms with Crippen LogP contribution in [0.5, 0.6) is 0 Å². The van der Waals surface area contributed by atoms with E-state index in [2.05, 4.69) is 226 Å². The molecule has 0 saturated heterocycles. The van der Waals surface area contributed by atoms with Gasteiger partial charge in [-0.1, -0.05) is 170 Å². The van der Waals surface area contributed by atoms with Crippen molar-refractivity contribution in [1.82, 2.24) is 28.7 Å². The Morgan fingerprint density at radius 1 is 0.271 bits per heavy atom. The summed E-state index contributed by atoms with van der Waals surface area (Å²) < 4.78 is 13.4. The normalized spacial score (nSPS) is 12.0. The fraction of sp³-hybridized carbons (Fsp3) is 0. The van der Waals surface area contributed by atoms with Crippen LogP contribution >= 0.6 is 0 Å². The Bertz CT molecular complexity index is 4600. The molecule has 0 atom stereocenters. The summed E-state index contributed by atoms with van der Waals surface area (Å²) in [6.07, 6.45) is 0. The van der Waals surface area contributed by atoms with Gasteiger partial charge in [0.05, 0.1) is 33.1 Å². The van der Waals surface area contributed by atoms with Crippen LogP contribution in [0.15, 0.2) is 235 Å². The minimum absolute atomic E-state index is 0.505. The molecule has 10 aromatic carbocycles. The van der Waals surface area contributed by atoms with E-state index in [9.17, 15) is 0 Å². The molecule has 0 N–H and O–H groups in total. The molecule has 15 rings (SSSR count). The van der Waals surface area contributed by atoms with Gasteiger partial charge in [0.25, 0.3) is 0 Å². The SMILES string of the molecule is c1ccc(-c2cccc(-n3c4ccccc4c4ccc5c6ccccc6n(-c6nc(-c7ccc8c(c7)oc7ccccc78)nc(-n7c8ccccc8c8cc(-c9ccccc9)ccc87)n6)c5c43)c2)cc1. The second-order valence-corrected chi connectivity index (χ2v) is 18.0. The van der Waals surface area contributed by atoms with Gasteiger partial charge in [0.2, 0.25) is 11.9 Å². The lowest BCUT2D eigenvalue weighted by Gasteiger charge is -2.14. The number of fused-ring (bicyclic) bond motifs is 13. The van der Waals surface area contributed by atoms with E-state index in [1.807, 2.05) is 18.2 Å². The van der Waals surface area contributed by atoms with Gasteiger partial charge >= 0.3 is 0 Å². The molecule has 5 aromatic heterocycles. The minimum Gasteiger partial charge on any atom is -0.456 e. The molecule has 0 bridgehead atoms. The number of hydrogen-bond acceptors (Lipinski definition) is 4. The topological polar surface area (TPSA) is 66.6 Å². The number of benzene rings is 10. The summed E-state index contributed by atoms with van der Waals surface area (Å²) in [4.78, 5) is 16.6. The molecule has 7 heteroatoms. The van der Waals surface area contributed by atoms with E-state index in [1.54, 1.807) is 0 Å². The molecule has 0 aliphatic heterocycles. The first-order valence-corrected chi connectivity index (χ1v) is 23.6. The van der Waals surface area contributed by atoms with Crippen molar-refractivity contribution in [2.24, 2.45) is 0 Å². The highest BCUT2D eigenvalue weighted by Gasteiger charge is 2.25. The molecule has 0 fully saturated rings. The summed E-state index contributed by atoms with van der Waals surface area (Å²) in [7, 11) is 0. The van der Waals surface area contributed by atoms with Gasteiger partial charge in [-0.15, -0.1) is 0 Å². The summed E-state index contributed by atoms with van der Waals surface area (Å²) in [5.41, 5.74) is 14.3. The molecule has 0 radical (unpaired) electrons. The Hall–Kier alpha value is -9.59. The van der Waals surface area contributed by atoms with Crippen molar-refractivity contribution in [1.29, 1.82) is 0 Å².